The molecule has 4 aliphatic rings. The zero-order chi connectivity index (χ0) is 14.5. The molecule has 1 atom stereocenters. The van der Waals surface area contributed by atoms with Gasteiger partial charge in [0.2, 0.25) is 0 Å². The normalized spacial score (nSPS) is 42.9. The van der Waals surface area contributed by atoms with E-state index in [4.69, 9.17) is 4.74 Å². The molecule has 20 heavy (non-hydrogen) atoms. The Labute approximate surface area is 121 Å². The minimum atomic E-state index is -0.557. The van der Waals surface area contributed by atoms with Gasteiger partial charge in [0, 0.05) is 17.4 Å². The zero-order valence-corrected chi connectivity index (χ0v) is 12.4. The number of nitriles is 1. The van der Waals surface area contributed by atoms with Gasteiger partial charge in [-0.25, -0.2) is 4.79 Å². The lowest BCUT2D eigenvalue weighted by atomic mass is 9.47. The molecule has 4 aliphatic carbocycles. The molecule has 3 heteroatoms. The zero-order valence-electron chi connectivity index (χ0n) is 12.4. The van der Waals surface area contributed by atoms with Crippen LogP contribution in [0.1, 0.15) is 46.0 Å². The Morgan fingerprint density at radius 3 is 2.15 bits per heavy atom. The highest BCUT2D eigenvalue weighted by atomic mass is 16.6. The summed E-state index contributed by atoms with van der Waals surface area (Å²) < 4.78 is 5.97. The van der Waals surface area contributed by atoms with Gasteiger partial charge in [-0.05, 0) is 57.8 Å². The number of nitrogens with zero attached hydrogens (tertiary/aromatic N) is 1. The second kappa shape index (κ2) is 4.62. The average Bonchev–Trinajstić information content (AvgIpc) is 2.41. The predicted octanol–water partition coefficient (Wildman–Crippen LogP) is 3.46. The van der Waals surface area contributed by atoms with Gasteiger partial charge in [-0.2, -0.15) is 5.26 Å². The minimum absolute atomic E-state index is 0.235. The lowest BCUT2D eigenvalue weighted by Gasteiger charge is -2.61. The number of hydrogen-bond acceptors (Lipinski definition) is 3. The highest BCUT2D eigenvalue weighted by Gasteiger charge is 2.62. The molecule has 3 nitrogen and oxygen atoms in total. The molecule has 0 aromatic carbocycles. The molecule has 1 unspecified atom stereocenters. The van der Waals surface area contributed by atoms with Crippen molar-refractivity contribution >= 4 is 5.97 Å². The number of hydrogen-bond donors (Lipinski definition) is 0. The fourth-order valence-electron chi connectivity index (χ4n) is 5.23. The van der Waals surface area contributed by atoms with Crippen molar-refractivity contribution in [3.63, 3.8) is 0 Å². The van der Waals surface area contributed by atoms with Crippen molar-refractivity contribution in [3.8, 4) is 6.07 Å². The quantitative estimate of drug-likeness (QED) is 0.584. The molecule has 0 saturated heterocycles. The van der Waals surface area contributed by atoms with Crippen molar-refractivity contribution in [2.45, 2.75) is 51.6 Å². The highest BCUT2D eigenvalue weighted by Crippen LogP contribution is 2.61. The van der Waals surface area contributed by atoms with Gasteiger partial charge in [-0.1, -0.05) is 6.58 Å². The molecule has 4 rings (SSSR count). The SMILES string of the molecule is C=C(C)C(=O)OC1(C(C)C#N)C2CC3CC(C2)CC1C3. The van der Waals surface area contributed by atoms with Gasteiger partial charge in [-0.15, -0.1) is 0 Å². The van der Waals surface area contributed by atoms with Crippen LogP contribution in [0.2, 0.25) is 0 Å². The Bertz CT molecular complexity index is 460. The first-order valence-corrected chi connectivity index (χ1v) is 7.75. The fraction of sp³-hybridized carbons (Fsp3) is 0.765. The molecule has 4 saturated carbocycles. The Morgan fingerprint density at radius 2 is 1.75 bits per heavy atom. The third kappa shape index (κ3) is 1.81. The Morgan fingerprint density at radius 1 is 1.25 bits per heavy atom. The van der Waals surface area contributed by atoms with E-state index in [1.54, 1.807) is 6.92 Å². The number of carbonyl (C=O) groups is 1. The topological polar surface area (TPSA) is 50.1 Å². The second-order valence-electron chi connectivity index (χ2n) is 7.18. The molecule has 0 aliphatic heterocycles. The summed E-state index contributed by atoms with van der Waals surface area (Å²) in [5.41, 5.74) is -0.124. The van der Waals surface area contributed by atoms with E-state index in [1.807, 2.05) is 6.92 Å². The minimum Gasteiger partial charge on any atom is -0.454 e. The maximum Gasteiger partial charge on any atom is 0.333 e. The van der Waals surface area contributed by atoms with E-state index >= 15 is 0 Å². The van der Waals surface area contributed by atoms with Crippen LogP contribution >= 0.6 is 0 Å². The summed E-state index contributed by atoms with van der Waals surface area (Å²) >= 11 is 0. The summed E-state index contributed by atoms with van der Waals surface area (Å²) in [5, 5.41) is 9.47. The predicted molar refractivity (Wildman–Crippen MR) is 75.5 cm³/mol. The first-order valence-electron chi connectivity index (χ1n) is 7.75. The summed E-state index contributed by atoms with van der Waals surface area (Å²) in [6.07, 6.45) is 5.86. The van der Waals surface area contributed by atoms with Crippen LogP contribution in [-0.2, 0) is 9.53 Å². The van der Waals surface area contributed by atoms with Crippen LogP contribution in [0.15, 0.2) is 12.2 Å². The number of ether oxygens (including phenoxy) is 1. The number of rotatable bonds is 3. The molecule has 0 amide bonds. The monoisotopic (exact) mass is 273 g/mol. The first kappa shape index (κ1) is 13.7. The van der Waals surface area contributed by atoms with Crippen LogP contribution in [0.3, 0.4) is 0 Å². The summed E-state index contributed by atoms with van der Waals surface area (Å²) in [4.78, 5) is 12.1. The van der Waals surface area contributed by atoms with Crippen LogP contribution in [0, 0.1) is 40.9 Å². The van der Waals surface area contributed by atoms with E-state index in [2.05, 4.69) is 12.6 Å². The van der Waals surface area contributed by atoms with Crippen molar-refractivity contribution in [2.24, 2.45) is 29.6 Å². The molecule has 0 aromatic rings. The van der Waals surface area contributed by atoms with E-state index in [-0.39, 0.29) is 11.9 Å². The third-order valence-electron chi connectivity index (χ3n) is 5.90. The van der Waals surface area contributed by atoms with E-state index in [1.165, 1.54) is 6.42 Å². The van der Waals surface area contributed by atoms with Gasteiger partial charge in [0.25, 0.3) is 0 Å². The molecular formula is C17H23NO2. The van der Waals surface area contributed by atoms with Crippen LogP contribution in [0.25, 0.3) is 0 Å². The van der Waals surface area contributed by atoms with E-state index in [0.29, 0.717) is 17.4 Å². The summed E-state index contributed by atoms with van der Waals surface area (Å²) in [5.74, 6) is 1.77. The van der Waals surface area contributed by atoms with Gasteiger partial charge < -0.3 is 4.74 Å². The summed E-state index contributed by atoms with van der Waals surface area (Å²) in [6, 6.07) is 2.37. The second-order valence-corrected chi connectivity index (χ2v) is 7.18. The van der Waals surface area contributed by atoms with E-state index in [9.17, 15) is 10.1 Å². The Kier molecular flexibility index (Phi) is 3.16. The molecule has 4 bridgehead atoms. The molecule has 0 aromatic heterocycles. The lowest BCUT2D eigenvalue weighted by Crippen LogP contribution is -2.62. The molecule has 108 valence electrons. The van der Waals surface area contributed by atoms with Crippen molar-refractivity contribution < 1.29 is 9.53 Å². The van der Waals surface area contributed by atoms with Crippen molar-refractivity contribution in [1.29, 1.82) is 5.26 Å². The van der Waals surface area contributed by atoms with Gasteiger partial charge in [-0.3, -0.25) is 0 Å². The molecule has 0 heterocycles. The third-order valence-corrected chi connectivity index (χ3v) is 5.90. The standard InChI is InChI=1S/C17H23NO2/c1-10(2)16(19)20-17(11(3)9-18)14-5-12-4-13(7-14)8-15(17)6-12/h11-15H,1,4-8H2,2-3H3. The van der Waals surface area contributed by atoms with Crippen LogP contribution in [0.4, 0.5) is 0 Å². The molecule has 0 spiro atoms. The Balaban J connectivity index is 1.96. The van der Waals surface area contributed by atoms with Crippen LogP contribution in [-0.4, -0.2) is 11.6 Å². The summed E-state index contributed by atoms with van der Waals surface area (Å²) in [7, 11) is 0. The molecule has 0 radical (unpaired) electrons. The van der Waals surface area contributed by atoms with Crippen LogP contribution in [0.5, 0.6) is 0 Å². The fourth-order valence-corrected chi connectivity index (χ4v) is 5.23. The van der Waals surface area contributed by atoms with E-state index < -0.39 is 5.60 Å². The van der Waals surface area contributed by atoms with Crippen molar-refractivity contribution in [3.05, 3.63) is 12.2 Å². The van der Waals surface area contributed by atoms with Crippen molar-refractivity contribution in [2.75, 3.05) is 0 Å². The smallest absolute Gasteiger partial charge is 0.333 e. The molecule has 4 fully saturated rings. The van der Waals surface area contributed by atoms with Crippen LogP contribution < -0.4 is 0 Å². The van der Waals surface area contributed by atoms with Crippen molar-refractivity contribution in [1.82, 2.24) is 0 Å². The highest BCUT2D eigenvalue weighted by molar-refractivity contribution is 5.87. The maximum absolute atomic E-state index is 12.1. The largest absolute Gasteiger partial charge is 0.454 e. The Hall–Kier alpha value is -1.30. The van der Waals surface area contributed by atoms with Gasteiger partial charge in [0.05, 0.1) is 12.0 Å². The lowest BCUT2D eigenvalue weighted by molar-refractivity contribution is -0.217. The maximum atomic E-state index is 12.1. The number of esters is 1. The molecular weight excluding hydrogens is 250 g/mol. The summed E-state index contributed by atoms with van der Waals surface area (Å²) in [6.45, 7) is 7.31. The van der Waals surface area contributed by atoms with Gasteiger partial charge in [0.1, 0.15) is 5.60 Å². The first-order chi connectivity index (χ1) is 9.47. The van der Waals surface area contributed by atoms with E-state index in [0.717, 1.165) is 37.5 Å². The molecule has 0 N–H and O–H groups in total. The van der Waals surface area contributed by atoms with Gasteiger partial charge >= 0.3 is 5.97 Å². The van der Waals surface area contributed by atoms with Gasteiger partial charge in [0.15, 0.2) is 0 Å². The average molecular weight is 273 g/mol. The number of carbonyl (C=O) groups excluding carboxylic acids is 1.